The van der Waals surface area contributed by atoms with Gasteiger partial charge in [0.15, 0.2) is 0 Å². The molecule has 0 amide bonds. The summed E-state index contributed by atoms with van der Waals surface area (Å²) in [5.41, 5.74) is 0. The van der Waals surface area contributed by atoms with Crippen LogP contribution in [0.15, 0.2) is 0 Å². The first kappa shape index (κ1) is 10.9. The lowest BCUT2D eigenvalue weighted by atomic mass is 10.0. The van der Waals surface area contributed by atoms with E-state index < -0.39 is 0 Å². The van der Waals surface area contributed by atoms with E-state index in [1.807, 2.05) is 0 Å². The number of nitrogens with one attached hydrogen (secondary N) is 1. The van der Waals surface area contributed by atoms with Crippen LogP contribution in [0.2, 0.25) is 0 Å². The Morgan fingerprint density at radius 2 is 2.54 bits per heavy atom. The van der Waals surface area contributed by atoms with E-state index >= 15 is 0 Å². The van der Waals surface area contributed by atoms with Crippen molar-refractivity contribution in [3.8, 4) is 12.3 Å². The summed E-state index contributed by atoms with van der Waals surface area (Å²) in [7, 11) is 2.07. The lowest BCUT2D eigenvalue weighted by molar-refractivity contribution is 0.482. The number of hydrogen-bond donors (Lipinski definition) is 1. The lowest BCUT2D eigenvalue weighted by Crippen LogP contribution is -2.34. The van der Waals surface area contributed by atoms with Crippen LogP contribution in [0.4, 0.5) is 0 Å². The molecule has 1 N–H and O–H groups in total. The predicted molar refractivity (Wildman–Crippen MR) is 61.0 cm³/mol. The van der Waals surface area contributed by atoms with Crippen molar-refractivity contribution >= 4 is 11.8 Å². The van der Waals surface area contributed by atoms with E-state index in [1.54, 1.807) is 0 Å². The van der Waals surface area contributed by atoms with Gasteiger partial charge in [-0.3, -0.25) is 0 Å². The molecule has 0 aromatic rings. The third-order valence-corrected chi connectivity index (χ3v) is 4.14. The Labute approximate surface area is 86.1 Å². The fourth-order valence-electron chi connectivity index (χ4n) is 1.86. The maximum Gasteiger partial charge on any atom is 0.0201 e. The Kier molecular flexibility index (Phi) is 5.34. The fourth-order valence-corrected chi connectivity index (χ4v) is 3.33. The van der Waals surface area contributed by atoms with Gasteiger partial charge in [-0.25, -0.2) is 0 Å². The van der Waals surface area contributed by atoms with Gasteiger partial charge >= 0.3 is 0 Å². The van der Waals surface area contributed by atoms with Crippen LogP contribution in [0, 0.1) is 12.3 Å². The van der Waals surface area contributed by atoms with E-state index in [2.05, 4.69) is 30.0 Å². The summed E-state index contributed by atoms with van der Waals surface area (Å²) in [4.78, 5) is 0. The number of terminal acetylenes is 1. The van der Waals surface area contributed by atoms with Crippen LogP contribution < -0.4 is 5.32 Å². The maximum absolute atomic E-state index is 5.23. The highest BCUT2D eigenvalue weighted by Gasteiger charge is 2.23. The van der Waals surface area contributed by atoms with Gasteiger partial charge in [-0.15, -0.1) is 12.3 Å². The molecule has 2 atom stereocenters. The smallest absolute Gasteiger partial charge is 0.0201 e. The Bertz CT molecular complexity index is 167. The zero-order valence-electron chi connectivity index (χ0n) is 8.38. The van der Waals surface area contributed by atoms with Gasteiger partial charge < -0.3 is 5.32 Å². The van der Waals surface area contributed by atoms with Crippen LogP contribution in [-0.2, 0) is 0 Å². The van der Waals surface area contributed by atoms with Crippen LogP contribution in [0.5, 0.6) is 0 Å². The van der Waals surface area contributed by atoms with Gasteiger partial charge in [0, 0.05) is 17.7 Å². The average molecular weight is 197 g/mol. The van der Waals surface area contributed by atoms with Gasteiger partial charge in [0.2, 0.25) is 0 Å². The molecule has 1 nitrogen and oxygen atoms in total. The number of rotatable bonds is 5. The largest absolute Gasteiger partial charge is 0.316 e. The third-order valence-electron chi connectivity index (χ3n) is 2.62. The summed E-state index contributed by atoms with van der Waals surface area (Å²) in [6.45, 7) is 0. The van der Waals surface area contributed by atoms with Crippen molar-refractivity contribution in [2.24, 2.45) is 0 Å². The standard InChI is InChI=1S/C11H19NS/c1-3-4-5-7-10(12-2)11-8-6-9-13-11/h1,10-12H,4-9H2,2H3. The normalized spacial score (nSPS) is 24.2. The van der Waals surface area contributed by atoms with Crippen LogP contribution in [-0.4, -0.2) is 24.1 Å². The van der Waals surface area contributed by atoms with Crippen molar-refractivity contribution in [3.63, 3.8) is 0 Å². The molecule has 1 aliphatic heterocycles. The van der Waals surface area contributed by atoms with Crippen molar-refractivity contribution in [2.45, 2.75) is 43.4 Å². The number of thioether (sulfide) groups is 1. The minimum atomic E-state index is 0.681. The average Bonchev–Trinajstić information content (AvgIpc) is 2.65. The quantitative estimate of drug-likeness (QED) is 0.536. The first-order valence-electron chi connectivity index (χ1n) is 5.11. The van der Waals surface area contributed by atoms with Crippen LogP contribution in [0.1, 0.15) is 32.1 Å². The summed E-state index contributed by atoms with van der Waals surface area (Å²) in [6.07, 6.45) is 11.3. The SMILES string of the molecule is C#CCCCC(NC)C1CCCS1. The van der Waals surface area contributed by atoms with Gasteiger partial charge in [-0.1, -0.05) is 0 Å². The first-order valence-corrected chi connectivity index (χ1v) is 6.15. The molecule has 13 heavy (non-hydrogen) atoms. The van der Waals surface area contributed by atoms with Crippen LogP contribution in [0.3, 0.4) is 0 Å². The van der Waals surface area contributed by atoms with Gasteiger partial charge in [-0.2, -0.15) is 11.8 Å². The number of hydrogen-bond acceptors (Lipinski definition) is 2. The van der Waals surface area contributed by atoms with Crippen LogP contribution in [0.25, 0.3) is 0 Å². The van der Waals surface area contributed by atoms with Crippen molar-refractivity contribution in [3.05, 3.63) is 0 Å². The van der Waals surface area contributed by atoms with E-state index in [0.29, 0.717) is 6.04 Å². The Hall–Kier alpha value is -0.130. The molecule has 0 aromatic heterocycles. The molecule has 2 unspecified atom stereocenters. The number of unbranched alkanes of at least 4 members (excludes halogenated alkanes) is 1. The molecule has 1 aliphatic rings. The Morgan fingerprint density at radius 3 is 3.08 bits per heavy atom. The lowest BCUT2D eigenvalue weighted by Gasteiger charge is -2.21. The molecule has 2 heteroatoms. The summed E-state index contributed by atoms with van der Waals surface area (Å²) in [5.74, 6) is 4.05. The zero-order valence-corrected chi connectivity index (χ0v) is 9.20. The fraction of sp³-hybridized carbons (Fsp3) is 0.818. The molecule has 0 bridgehead atoms. The molecule has 0 aliphatic carbocycles. The molecule has 1 heterocycles. The van der Waals surface area contributed by atoms with Gasteiger partial charge in [-0.05, 0) is 38.5 Å². The molecular weight excluding hydrogens is 178 g/mol. The third kappa shape index (κ3) is 3.62. The van der Waals surface area contributed by atoms with Crippen molar-refractivity contribution < 1.29 is 0 Å². The molecule has 1 rings (SSSR count). The second-order valence-corrected chi connectivity index (χ2v) is 4.89. The van der Waals surface area contributed by atoms with E-state index in [0.717, 1.165) is 11.7 Å². The molecule has 0 spiro atoms. The summed E-state index contributed by atoms with van der Waals surface area (Å²) < 4.78 is 0. The van der Waals surface area contributed by atoms with E-state index in [9.17, 15) is 0 Å². The van der Waals surface area contributed by atoms with Gasteiger partial charge in [0.05, 0.1) is 0 Å². The molecular formula is C11H19NS. The van der Waals surface area contributed by atoms with Crippen molar-refractivity contribution in [2.75, 3.05) is 12.8 Å². The second kappa shape index (κ2) is 6.34. The van der Waals surface area contributed by atoms with Gasteiger partial charge in [0.25, 0.3) is 0 Å². The van der Waals surface area contributed by atoms with Crippen molar-refractivity contribution in [1.29, 1.82) is 0 Å². The highest BCUT2D eigenvalue weighted by atomic mass is 32.2. The molecule has 74 valence electrons. The summed E-state index contributed by atoms with van der Waals surface area (Å²) >= 11 is 2.12. The van der Waals surface area contributed by atoms with E-state index in [1.165, 1.54) is 31.4 Å². The maximum atomic E-state index is 5.23. The van der Waals surface area contributed by atoms with Gasteiger partial charge in [0.1, 0.15) is 0 Å². The Balaban J connectivity index is 2.21. The zero-order chi connectivity index (χ0) is 9.52. The highest BCUT2D eigenvalue weighted by molar-refractivity contribution is 8.00. The first-order chi connectivity index (χ1) is 6.38. The molecule has 1 saturated heterocycles. The highest BCUT2D eigenvalue weighted by Crippen LogP contribution is 2.30. The monoisotopic (exact) mass is 197 g/mol. The predicted octanol–water partition coefficient (Wildman–Crippen LogP) is 2.27. The minimum Gasteiger partial charge on any atom is -0.316 e. The van der Waals surface area contributed by atoms with E-state index in [4.69, 9.17) is 6.42 Å². The molecule has 1 fully saturated rings. The summed E-state index contributed by atoms with van der Waals surface area (Å²) in [5, 5.41) is 4.25. The second-order valence-electron chi connectivity index (χ2n) is 3.54. The topological polar surface area (TPSA) is 12.0 Å². The molecule has 0 aromatic carbocycles. The summed E-state index contributed by atoms with van der Waals surface area (Å²) in [6, 6.07) is 0.681. The van der Waals surface area contributed by atoms with Crippen LogP contribution >= 0.6 is 11.8 Å². The van der Waals surface area contributed by atoms with E-state index in [-0.39, 0.29) is 0 Å². The minimum absolute atomic E-state index is 0.681. The Morgan fingerprint density at radius 1 is 1.69 bits per heavy atom. The molecule has 0 saturated carbocycles. The van der Waals surface area contributed by atoms with Crippen molar-refractivity contribution in [1.82, 2.24) is 5.32 Å². The molecule has 0 radical (unpaired) electrons.